The van der Waals surface area contributed by atoms with E-state index in [-0.39, 0.29) is 6.61 Å². The fraction of sp³-hybridized carbons (Fsp3) is 0.625. The van der Waals surface area contributed by atoms with Gasteiger partial charge >= 0.3 is 0 Å². The quantitative estimate of drug-likeness (QED) is 0.874. The summed E-state index contributed by atoms with van der Waals surface area (Å²) in [6.07, 6.45) is 5.61. The van der Waals surface area contributed by atoms with Gasteiger partial charge in [0.2, 0.25) is 0 Å². The summed E-state index contributed by atoms with van der Waals surface area (Å²) >= 11 is 6.39. The van der Waals surface area contributed by atoms with E-state index in [9.17, 15) is 10.2 Å². The van der Waals surface area contributed by atoms with Crippen molar-refractivity contribution in [3.8, 4) is 0 Å². The van der Waals surface area contributed by atoms with Gasteiger partial charge in [0.25, 0.3) is 0 Å². The minimum Gasteiger partial charge on any atom is -0.395 e. The molecule has 2 N–H and O–H groups in total. The zero-order chi connectivity index (χ0) is 14.5. The zero-order valence-corrected chi connectivity index (χ0v) is 12.8. The van der Waals surface area contributed by atoms with Crippen molar-refractivity contribution in [1.82, 2.24) is 0 Å². The average molecular weight is 298 g/mol. The molecule has 2 rings (SSSR count). The van der Waals surface area contributed by atoms with E-state index in [0.717, 1.165) is 24.1 Å². The Morgan fingerprint density at radius 3 is 2.55 bits per heavy atom. The van der Waals surface area contributed by atoms with Gasteiger partial charge in [-0.2, -0.15) is 0 Å². The molecule has 0 heterocycles. The van der Waals surface area contributed by atoms with E-state index in [1.807, 2.05) is 18.2 Å². The van der Waals surface area contributed by atoms with Crippen LogP contribution in [0.25, 0.3) is 0 Å². The molecule has 0 amide bonds. The van der Waals surface area contributed by atoms with Gasteiger partial charge in [-0.05, 0) is 37.5 Å². The molecule has 0 bridgehead atoms. The molecule has 1 unspecified atom stereocenters. The highest BCUT2D eigenvalue weighted by Crippen LogP contribution is 2.33. The fourth-order valence-corrected chi connectivity index (χ4v) is 3.31. The largest absolute Gasteiger partial charge is 0.395 e. The predicted octanol–water partition coefficient (Wildman–Crippen LogP) is 3.52. The molecular formula is C16H24ClNO2. The number of rotatable bonds is 5. The Labute approximate surface area is 126 Å². The van der Waals surface area contributed by atoms with Gasteiger partial charge in [0, 0.05) is 12.6 Å². The highest BCUT2D eigenvalue weighted by atomic mass is 35.5. The molecule has 1 saturated carbocycles. The minimum atomic E-state index is -0.512. The molecule has 0 aliphatic heterocycles. The molecule has 112 valence electrons. The van der Waals surface area contributed by atoms with Gasteiger partial charge in [0.05, 0.1) is 23.4 Å². The Morgan fingerprint density at radius 1 is 1.30 bits per heavy atom. The summed E-state index contributed by atoms with van der Waals surface area (Å²) in [6, 6.07) is 6.17. The third-order valence-corrected chi connectivity index (χ3v) is 4.42. The summed E-state index contributed by atoms with van der Waals surface area (Å²) in [7, 11) is 0. The van der Waals surface area contributed by atoms with Crippen molar-refractivity contribution in [2.75, 3.05) is 18.1 Å². The van der Waals surface area contributed by atoms with Crippen molar-refractivity contribution in [2.45, 2.75) is 51.2 Å². The maximum absolute atomic E-state index is 9.62. The Hall–Kier alpha value is -0.770. The van der Waals surface area contributed by atoms with E-state index in [4.69, 9.17) is 11.6 Å². The molecule has 4 heteroatoms. The molecule has 0 radical (unpaired) electrons. The Kier molecular flexibility index (Phi) is 5.70. The maximum Gasteiger partial charge on any atom is 0.0762 e. The molecular weight excluding hydrogens is 274 g/mol. The molecule has 1 aromatic rings. The molecule has 1 fully saturated rings. The third kappa shape index (κ3) is 3.66. The van der Waals surface area contributed by atoms with E-state index in [1.54, 1.807) is 6.92 Å². The van der Waals surface area contributed by atoms with Crippen LogP contribution in [0.1, 0.15) is 50.7 Å². The van der Waals surface area contributed by atoms with Crippen molar-refractivity contribution in [3.05, 3.63) is 28.8 Å². The summed E-state index contributed by atoms with van der Waals surface area (Å²) in [4.78, 5) is 2.23. The maximum atomic E-state index is 9.62. The van der Waals surface area contributed by atoms with Gasteiger partial charge in [-0.15, -0.1) is 0 Å². The second-order valence-electron chi connectivity index (χ2n) is 5.60. The summed E-state index contributed by atoms with van der Waals surface area (Å²) in [6.45, 7) is 2.47. The lowest BCUT2D eigenvalue weighted by atomic mass is 9.93. The average Bonchev–Trinajstić information content (AvgIpc) is 2.46. The number of benzene rings is 1. The van der Waals surface area contributed by atoms with Gasteiger partial charge in [-0.1, -0.05) is 36.9 Å². The molecule has 1 atom stereocenters. The van der Waals surface area contributed by atoms with Crippen LogP contribution in [0.5, 0.6) is 0 Å². The van der Waals surface area contributed by atoms with Crippen LogP contribution in [0, 0.1) is 0 Å². The SMILES string of the molecule is CC(O)c1ccc(N(CCO)C2CCCCC2)c(Cl)c1. The van der Waals surface area contributed by atoms with Crippen LogP contribution < -0.4 is 4.90 Å². The van der Waals surface area contributed by atoms with Crippen LogP contribution in [0.2, 0.25) is 5.02 Å². The summed E-state index contributed by atoms with van der Waals surface area (Å²) in [5.41, 5.74) is 1.79. The first-order chi connectivity index (χ1) is 9.63. The first-order valence-electron chi connectivity index (χ1n) is 7.48. The number of hydrogen-bond donors (Lipinski definition) is 2. The molecule has 3 nitrogen and oxygen atoms in total. The molecule has 0 saturated heterocycles. The standard InChI is InChI=1S/C16H24ClNO2/c1-12(20)13-7-8-16(15(17)11-13)18(9-10-19)14-5-3-2-4-6-14/h7-8,11-12,14,19-20H,2-6,9-10H2,1H3. The Morgan fingerprint density at radius 2 is 2.00 bits per heavy atom. The lowest BCUT2D eigenvalue weighted by Gasteiger charge is -2.36. The number of hydrogen-bond acceptors (Lipinski definition) is 3. The van der Waals surface area contributed by atoms with Crippen molar-refractivity contribution in [1.29, 1.82) is 0 Å². The normalized spacial score (nSPS) is 18.0. The van der Waals surface area contributed by atoms with Crippen LogP contribution in [-0.2, 0) is 0 Å². The number of halogens is 1. The van der Waals surface area contributed by atoms with Crippen LogP contribution in [-0.4, -0.2) is 29.4 Å². The lowest BCUT2D eigenvalue weighted by molar-refractivity contribution is 0.199. The predicted molar refractivity (Wildman–Crippen MR) is 83.4 cm³/mol. The van der Waals surface area contributed by atoms with Crippen molar-refractivity contribution in [3.63, 3.8) is 0 Å². The number of nitrogens with zero attached hydrogens (tertiary/aromatic N) is 1. The van der Waals surface area contributed by atoms with E-state index in [0.29, 0.717) is 17.6 Å². The zero-order valence-electron chi connectivity index (χ0n) is 12.1. The van der Waals surface area contributed by atoms with Crippen LogP contribution >= 0.6 is 11.6 Å². The van der Waals surface area contributed by atoms with Crippen molar-refractivity contribution < 1.29 is 10.2 Å². The molecule has 0 spiro atoms. The number of anilines is 1. The van der Waals surface area contributed by atoms with Crippen LogP contribution in [0.15, 0.2) is 18.2 Å². The van der Waals surface area contributed by atoms with Crippen LogP contribution in [0.4, 0.5) is 5.69 Å². The first-order valence-corrected chi connectivity index (χ1v) is 7.86. The fourth-order valence-electron chi connectivity index (χ4n) is 3.02. The second kappa shape index (κ2) is 7.30. The number of aliphatic hydroxyl groups excluding tert-OH is 2. The Bertz CT molecular complexity index is 430. The molecule has 1 aliphatic rings. The Balaban J connectivity index is 2.24. The minimum absolute atomic E-state index is 0.130. The number of aliphatic hydroxyl groups is 2. The van der Waals surface area contributed by atoms with E-state index < -0.39 is 6.10 Å². The van der Waals surface area contributed by atoms with E-state index in [1.165, 1.54) is 19.3 Å². The molecule has 0 aromatic heterocycles. The highest BCUT2D eigenvalue weighted by molar-refractivity contribution is 6.33. The first kappa shape index (κ1) is 15.6. The molecule has 1 aromatic carbocycles. The lowest BCUT2D eigenvalue weighted by Crippen LogP contribution is -2.39. The second-order valence-corrected chi connectivity index (χ2v) is 6.00. The monoisotopic (exact) mass is 297 g/mol. The van der Waals surface area contributed by atoms with Gasteiger partial charge < -0.3 is 15.1 Å². The molecule has 1 aliphatic carbocycles. The summed E-state index contributed by atoms with van der Waals surface area (Å²) in [5, 5.41) is 19.6. The van der Waals surface area contributed by atoms with Crippen molar-refractivity contribution >= 4 is 17.3 Å². The van der Waals surface area contributed by atoms with Crippen LogP contribution in [0.3, 0.4) is 0 Å². The molecule has 20 heavy (non-hydrogen) atoms. The third-order valence-electron chi connectivity index (χ3n) is 4.12. The van der Waals surface area contributed by atoms with Gasteiger partial charge in [0.15, 0.2) is 0 Å². The van der Waals surface area contributed by atoms with E-state index >= 15 is 0 Å². The van der Waals surface area contributed by atoms with Crippen molar-refractivity contribution in [2.24, 2.45) is 0 Å². The smallest absolute Gasteiger partial charge is 0.0762 e. The summed E-state index contributed by atoms with van der Waals surface area (Å²) < 4.78 is 0. The van der Waals surface area contributed by atoms with E-state index in [2.05, 4.69) is 4.90 Å². The summed E-state index contributed by atoms with van der Waals surface area (Å²) in [5.74, 6) is 0. The highest BCUT2D eigenvalue weighted by Gasteiger charge is 2.23. The van der Waals surface area contributed by atoms with Gasteiger partial charge in [-0.25, -0.2) is 0 Å². The van der Waals surface area contributed by atoms with Gasteiger partial charge in [0.1, 0.15) is 0 Å². The topological polar surface area (TPSA) is 43.7 Å². The van der Waals surface area contributed by atoms with Gasteiger partial charge in [-0.3, -0.25) is 0 Å².